The van der Waals surface area contributed by atoms with Gasteiger partial charge >= 0.3 is 0 Å². The Morgan fingerprint density at radius 3 is 2.53 bits per heavy atom. The number of ether oxygens (including phenoxy) is 1. The number of imidazole rings is 1. The minimum atomic E-state index is 0.346. The van der Waals surface area contributed by atoms with Crippen LogP contribution in [-0.2, 0) is 0 Å². The molecule has 0 aliphatic heterocycles. The lowest BCUT2D eigenvalue weighted by molar-refractivity contribution is 0.411. The SMILES string of the molecule is C/C(=C\C(C)=C(/C)Oc1nc(Nc2ccc(C#N)cc2)nc2nc[nH]c12)c1ccncc1. The van der Waals surface area contributed by atoms with Crippen molar-refractivity contribution in [2.45, 2.75) is 20.8 Å². The predicted molar refractivity (Wildman–Crippen MR) is 123 cm³/mol. The molecule has 158 valence electrons. The van der Waals surface area contributed by atoms with Crippen molar-refractivity contribution in [2.75, 3.05) is 5.32 Å². The van der Waals surface area contributed by atoms with Crippen LogP contribution in [0.25, 0.3) is 16.7 Å². The first-order valence-corrected chi connectivity index (χ1v) is 9.96. The third kappa shape index (κ3) is 4.63. The second kappa shape index (κ2) is 9.10. The van der Waals surface area contributed by atoms with Crippen molar-refractivity contribution < 1.29 is 4.74 Å². The van der Waals surface area contributed by atoms with E-state index in [-0.39, 0.29) is 0 Å². The maximum absolute atomic E-state index is 8.96. The number of hydrogen-bond donors (Lipinski definition) is 2. The zero-order valence-corrected chi connectivity index (χ0v) is 17.9. The molecule has 0 aliphatic carbocycles. The van der Waals surface area contributed by atoms with Gasteiger partial charge in [0.05, 0.1) is 18.0 Å². The van der Waals surface area contributed by atoms with Crippen LogP contribution in [0.2, 0.25) is 0 Å². The first kappa shape index (κ1) is 20.8. The highest BCUT2D eigenvalue weighted by Gasteiger charge is 2.13. The van der Waals surface area contributed by atoms with Gasteiger partial charge in [-0.05, 0) is 73.9 Å². The molecule has 1 aromatic carbocycles. The second-order valence-electron chi connectivity index (χ2n) is 7.17. The number of hydrogen-bond acceptors (Lipinski definition) is 7. The highest BCUT2D eigenvalue weighted by atomic mass is 16.5. The molecule has 2 N–H and O–H groups in total. The van der Waals surface area contributed by atoms with Gasteiger partial charge in [-0.25, -0.2) is 4.98 Å². The molecule has 32 heavy (non-hydrogen) atoms. The van der Waals surface area contributed by atoms with Gasteiger partial charge in [0, 0.05) is 18.1 Å². The fourth-order valence-corrected chi connectivity index (χ4v) is 3.04. The van der Waals surface area contributed by atoms with Gasteiger partial charge in [-0.15, -0.1) is 0 Å². The largest absolute Gasteiger partial charge is 0.441 e. The number of nitriles is 1. The molecule has 0 atom stereocenters. The summed E-state index contributed by atoms with van der Waals surface area (Å²) in [5, 5.41) is 12.1. The van der Waals surface area contributed by atoms with E-state index in [0.717, 1.165) is 22.4 Å². The zero-order valence-electron chi connectivity index (χ0n) is 17.9. The summed E-state index contributed by atoms with van der Waals surface area (Å²) in [6.45, 7) is 5.93. The van der Waals surface area contributed by atoms with Crippen LogP contribution < -0.4 is 10.1 Å². The Morgan fingerprint density at radius 1 is 1.06 bits per heavy atom. The van der Waals surface area contributed by atoms with E-state index >= 15 is 0 Å². The van der Waals surface area contributed by atoms with E-state index < -0.39 is 0 Å². The van der Waals surface area contributed by atoms with E-state index in [0.29, 0.717) is 34.3 Å². The first-order valence-electron chi connectivity index (χ1n) is 9.96. The average Bonchev–Trinajstić information content (AvgIpc) is 3.29. The molecule has 0 radical (unpaired) electrons. The minimum absolute atomic E-state index is 0.346. The number of aromatic nitrogens is 5. The number of benzene rings is 1. The molecule has 3 aromatic heterocycles. The Labute approximate surface area is 185 Å². The van der Waals surface area contributed by atoms with Crippen molar-refractivity contribution in [3.8, 4) is 11.9 Å². The summed E-state index contributed by atoms with van der Waals surface area (Å²) >= 11 is 0. The quantitative estimate of drug-likeness (QED) is 0.326. The van der Waals surface area contributed by atoms with Gasteiger partial charge in [0.2, 0.25) is 11.8 Å². The summed E-state index contributed by atoms with van der Waals surface area (Å²) in [5.41, 5.74) is 5.59. The number of rotatable bonds is 6. The lowest BCUT2D eigenvalue weighted by Gasteiger charge is -2.11. The van der Waals surface area contributed by atoms with Crippen molar-refractivity contribution in [1.82, 2.24) is 24.9 Å². The molecular formula is C24H21N7O. The van der Waals surface area contributed by atoms with E-state index in [9.17, 15) is 0 Å². The Balaban J connectivity index is 1.62. The molecule has 8 heteroatoms. The van der Waals surface area contributed by atoms with E-state index in [1.165, 1.54) is 0 Å². The fourth-order valence-electron chi connectivity index (χ4n) is 3.04. The number of fused-ring (bicyclic) bond motifs is 1. The Bertz CT molecular complexity index is 1350. The molecule has 0 saturated carbocycles. The van der Waals surface area contributed by atoms with Crippen LogP contribution in [0.1, 0.15) is 31.9 Å². The molecule has 0 saturated heterocycles. The summed E-state index contributed by atoms with van der Waals surface area (Å²) in [4.78, 5) is 20.3. The van der Waals surface area contributed by atoms with Gasteiger partial charge in [0.25, 0.3) is 0 Å². The molecule has 0 amide bonds. The molecule has 0 spiro atoms. The monoisotopic (exact) mass is 423 g/mol. The molecule has 0 bridgehead atoms. The van der Waals surface area contributed by atoms with Gasteiger partial charge in [-0.3, -0.25) is 4.98 Å². The highest BCUT2D eigenvalue weighted by molar-refractivity contribution is 5.78. The van der Waals surface area contributed by atoms with Crippen LogP contribution in [-0.4, -0.2) is 24.9 Å². The molecular weight excluding hydrogens is 402 g/mol. The maximum Gasteiger partial charge on any atom is 0.250 e. The van der Waals surface area contributed by atoms with Crippen LogP contribution in [0.4, 0.5) is 11.6 Å². The fraction of sp³-hybridized carbons (Fsp3) is 0.125. The summed E-state index contributed by atoms with van der Waals surface area (Å²) in [6.07, 6.45) is 7.16. The number of aromatic amines is 1. The van der Waals surface area contributed by atoms with Crippen molar-refractivity contribution in [1.29, 1.82) is 5.26 Å². The number of allylic oxidation sites excluding steroid dienone is 4. The molecule has 0 unspecified atom stereocenters. The van der Waals surface area contributed by atoms with E-state index in [1.807, 2.05) is 32.9 Å². The third-order valence-electron chi connectivity index (χ3n) is 4.90. The van der Waals surface area contributed by atoms with Gasteiger partial charge in [0.15, 0.2) is 5.65 Å². The Kier molecular flexibility index (Phi) is 5.90. The summed E-state index contributed by atoms with van der Waals surface area (Å²) in [5.74, 6) is 1.42. The molecule has 4 aromatic rings. The number of pyridine rings is 1. The number of nitrogens with zero attached hydrogens (tertiary/aromatic N) is 5. The van der Waals surface area contributed by atoms with E-state index in [2.05, 4.69) is 42.4 Å². The van der Waals surface area contributed by atoms with Crippen LogP contribution in [0, 0.1) is 11.3 Å². The lowest BCUT2D eigenvalue weighted by Crippen LogP contribution is -2.02. The van der Waals surface area contributed by atoms with Crippen molar-refractivity contribution in [2.24, 2.45) is 0 Å². The topological polar surface area (TPSA) is 112 Å². The second-order valence-corrected chi connectivity index (χ2v) is 7.17. The average molecular weight is 423 g/mol. The third-order valence-corrected chi connectivity index (χ3v) is 4.90. The predicted octanol–water partition coefficient (Wildman–Crippen LogP) is 5.14. The molecule has 0 aliphatic rings. The lowest BCUT2D eigenvalue weighted by atomic mass is 10.1. The molecule has 3 heterocycles. The molecule has 0 fully saturated rings. The van der Waals surface area contributed by atoms with Gasteiger partial charge < -0.3 is 15.0 Å². The van der Waals surface area contributed by atoms with E-state index in [1.54, 1.807) is 43.0 Å². The van der Waals surface area contributed by atoms with Crippen molar-refractivity contribution in [3.05, 3.63) is 83.7 Å². The van der Waals surface area contributed by atoms with Gasteiger partial charge in [0.1, 0.15) is 11.3 Å². The van der Waals surface area contributed by atoms with Gasteiger partial charge in [-0.2, -0.15) is 15.2 Å². The zero-order chi connectivity index (χ0) is 22.5. The van der Waals surface area contributed by atoms with Crippen molar-refractivity contribution in [3.63, 3.8) is 0 Å². The smallest absolute Gasteiger partial charge is 0.250 e. The number of anilines is 2. The molecule has 4 rings (SSSR count). The van der Waals surface area contributed by atoms with Gasteiger partial charge in [-0.1, -0.05) is 6.08 Å². The minimum Gasteiger partial charge on any atom is -0.441 e. The summed E-state index contributed by atoms with van der Waals surface area (Å²) < 4.78 is 6.12. The highest BCUT2D eigenvalue weighted by Crippen LogP contribution is 2.26. The van der Waals surface area contributed by atoms with E-state index in [4.69, 9.17) is 10.00 Å². The standard InChI is InChI=1S/C24H21N7O/c1-15(12-16(2)19-8-10-26-11-9-19)17(3)32-23-21-22(28-14-27-21)30-24(31-23)29-20-6-4-18(13-25)5-7-20/h4-12,14H,1-3H3,(H2,27,28,29,30,31)/b16-12+,17-15+. The normalized spacial score (nSPS) is 12.2. The summed E-state index contributed by atoms with van der Waals surface area (Å²) in [7, 11) is 0. The Hall–Kier alpha value is -4.51. The van der Waals surface area contributed by atoms with Crippen molar-refractivity contribution >= 4 is 28.4 Å². The van der Waals surface area contributed by atoms with Crippen LogP contribution in [0.15, 0.2) is 72.5 Å². The number of H-pyrrole nitrogens is 1. The number of nitrogens with one attached hydrogen (secondary N) is 2. The maximum atomic E-state index is 8.96. The summed E-state index contributed by atoms with van der Waals surface area (Å²) in [6, 6.07) is 13.1. The van der Waals surface area contributed by atoms with Crippen LogP contribution >= 0.6 is 0 Å². The Morgan fingerprint density at radius 2 is 1.81 bits per heavy atom. The van der Waals surface area contributed by atoms with Crippen LogP contribution in [0.3, 0.4) is 0 Å². The molecule has 8 nitrogen and oxygen atoms in total. The van der Waals surface area contributed by atoms with Crippen LogP contribution in [0.5, 0.6) is 5.88 Å². The first-order chi connectivity index (χ1) is 15.5.